The Balaban J connectivity index is 1.42. The van der Waals surface area contributed by atoms with Crippen molar-refractivity contribution in [2.24, 2.45) is 0 Å². The highest BCUT2D eigenvalue weighted by atomic mass is 35.5. The summed E-state index contributed by atoms with van der Waals surface area (Å²) in [6.45, 7) is 6.40. The Morgan fingerprint density at radius 2 is 1.83 bits per heavy atom. The topological polar surface area (TPSA) is 62.3 Å². The fourth-order valence-electron chi connectivity index (χ4n) is 4.38. The number of para-hydroxylation sites is 1. The second-order valence-corrected chi connectivity index (χ2v) is 10.4. The number of hydrogen-bond acceptors (Lipinski definition) is 4. The molecule has 5 rings (SSSR count). The lowest BCUT2D eigenvalue weighted by molar-refractivity contribution is 0.0986. The van der Waals surface area contributed by atoms with Gasteiger partial charge in [0.05, 0.1) is 27.1 Å². The lowest BCUT2D eigenvalue weighted by Gasteiger charge is -2.23. The van der Waals surface area contributed by atoms with Crippen LogP contribution in [0.1, 0.15) is 41.7 Å². The number of carbonyl (C=O) groups is 2. The summed E-state index contributed by atoms with van der Waals surface area (Å²) in [4.78, 5) is 34.2. The molecule has 0 unspecified atom stereocenters. The third-order valence-electron chi connectivity index (χ3n) is 6.16. The lowest BCUT2D eigenvalue weighted by atomic mass is 10.0. The van der Waals surface area contributed by atoms with Crippen molar-refractivity contribution in [2.75, 3.05) is 16.8 Å². The molecule has 3 aromatic carbocycles. The molecular weight excluding hydrogens is 478 g/mol. The monoisotopic (exact) mass is 501 g/mol. The number of anilines is 2. The fourth-order valence-corrected chi connectivity index (χ4v) is 5.55. The van der Waals surface area contributed by atoms with Crippen molar-refractivity contribution in [1.82, 2.24) is 4.98 Å². The van der Waals surface area contributed by atoms with Crippen LogP contribution in [0.4, 0.5) is 11.4 Å². The Hall–Kier alpha value is -3.48. The van der Waals surface area contributed by atoms with E-state index in [0.29, 0.717) is 28.4 Å². The van der Waals surface area contributed by atoms with E-state index in [1.54, 1.807) is 34.4 Å². The van der Waals surface area contributed by atoms with Gasteiger partial charge in [-0.2, -0.15) is 0 Å². The van der Waals surface area contributed by atoms with Crippen molar-refractivity contribution < 1.29 is 9.59 Å². The predicted octanol–water partition coefficient (Wildman–Crippen LogP) is 6.84. The molecule has 0 bridgehead atoms. The zero-order valence-corrected chi connectivity index (χ0v) is 21.3. The smallest absolute Gasteiger partial charge is 0.258 e. The SMILES string of the molecule is Cc1ccc(C)c(C(=O)Nc2ccc(C(=O)N3CCc4sc(C)nc4-c4ccccc43)cc2Cl)c1. The molecule has 0 saturated carbocycles. The molecule has 0 fully saturated rings. The Labute approximate surface area is 213 Å². The number of rotatable bonds is 3. The van der Waals surface area contributed by atoms with Crippen LogP contribution in [0.15, 0.2) is 60.7 Å². The molecule has 176 valence electrons. The van der Waals surface area contributed by atoms with Crippen LogP contribution in [0, 0.1) is 20.8 Å². The lowest BCUT2D eigenvalue weighted by Crippen LogP contribution is -2.32. The minimum absolute atomic E-state index is 0.140. The van der Waals surface area contributed by atoms with E-state index in [0.717, 1.165) is 39.5 Å². The molecule has 4 aromatic rings. The van der Waals surface area contributed by atoms with Crippen LogP contribution in [-0.4, -0.2) is 23.3 Å². The Morgan fingerprint density at radius 3 is 2.63 bits per heavy atom. The minimum Gasteiger partial charge on any atom is -0.321 e. The van der Waals surface area contributed by atoms with Crippen LogP contribution in [0.5, 0.6) is 0 Å². The minimum atomic E-state index is -0.234. The van der Waals surface area contributed by atoms with Crippen molar-refractivity contribution in [3.63, 3.8) is 0 Å². The first kappa shape index (κ1) is 23.3. The average Bonchev–Trinajstić information content (AvgIpc) is 3.15. The number of amides is 2. The standard InChI is InChI=1S/C28H24ClN3O2S/c1-16-8-9-17(2)21(14-16)27(33)31-23-11-10-19(15-22(23)29)28(34)32-13-12-25-26(30-18(3)35-25)20-6-4-5-7-24(20)32/h4-11,14-15H,12-13H2,1-3H3,(H,31,33). The molecule has 1 aromatic heterocycles. The van der Waals surface area contributed by atoms with Gasteiger partial charge in [-0.1, -0.05) is 47.5 Å². The number of aromatic nitrogens is 1. The predicted molar refractivity (Wildman–Crippen MR) is 143 cm³/mol. The maximum absolute atomic E-state index is 13.6. The highest BCUT2D eigenvalue weighted by Crippen LogP contribution is 2.39. The summed E-state index contributed by atoms with van der Waals surface area (Å²) in [5.41, 5.74) is 6.17. The quantitative estimate of drug-likeness (QED) is 0.334. The normalized spacial score (nSPS) is 12.5. The first-order chi connectivity index (χ1) is 16.8. The molecule has 0 saturated heterocycles. The van der Waals surface area contributed by atoms with E-state index in [2.05, 4.69) is 5.32 Å². The number of aryl methyl sites for hydroxylation is 3. The molecular formula is C28H24ClN3O2S. The van der Waals surface area contributed by atoms with Gasteiger partial charge in [0.15, 0.2) is 0 Å². The number of nitrogens with zero attached hydrogens (tertiary/aromatic N) is 2. The summed E-state index contributed by atoms with van der Waals surface area (Å²) in [7, 11) is 0. The number of carbonyl (C=O) groups excluding carboxylic acids is 2. The molecule has 5 nitrogen and oxygen atoms in total. The van der Waals surface area contributed by atoms with E-state index in [1.165, 1.54) is 4.88 Å². The summed E-state index contributed by atoms with van der Waals surface area (Å²) in [5, 5.41) is 4.21. The van der Waals surface area contributed by atoms with E-state index >= 15 is 0 Å². The summed E-state index contributed by atoms with van der Waals surface area (Å²) in [6.07, 6.45) is 0.735. The van der Waals surface area contributed by atoms with Crippen LogP contribution in [0.3, 0.4) is 0 Å². The number of thiazole rings is 1. The zero-order chi connectivity index (χ0) is 24.7. The van der Waals surface area contributed by atoms with Crippen LogP contribution < -0.4 is 10.2 Å². The van der Waals surface area contributed by atoms with Crippen molar-refractivity contribution in [3.8, 4) is 11.3 Å². The third kappa shape index (κ3) is 4.47. The molecule has 1 aliphatic heterocycles. The van der Waals surface area contributed by atoms with Gasteiger partial charge in [0.25, 0.3) is 11.8 Å². The van der Waals surface area contributed by atoms with E-state index in [-0.39, 0.29) is 11.8 Å². The van der Waals surface area contributed by atoms with Gasteiger partial charge >= 0.3 is 0 Å². The summed E-state index contributed by atoms with van der Waals surface area (Å²) in [5.74, 6) is -0.374. The van der Waals surface area contributed by atoms with E-state index in [4.69, 9.17) is 16.6 Å². The summed E-state index contributed by atoms with van der Waals surface area (Å²) >= 11 is 8.20. The van der Waals surface area contributed by atoms with Gasteiger partial charge in [-0.25, -0.2) is 4.98 Å². The highest BCUT2D eigenvalue weighted by Gasteiger charge is 2.27. The van der Waals surface area contributed by atoms with E-state index in [1.807, 2.05) is 63.2 Å². The zero-order valence-electron chi connectivity index (χ0n) is 19.7. The molecule has 0 radical (unpaired) electrons. The maximum atomic E-state index is 13.6. The first-order valence-corrected chi connectivity index (χ1v) is 12.6. The van der Waals surface area contributed by atoms with Gasteiger partial charge in [-0.15, -0.1) is 11.3 Å². The number of hydrogen-bond donors (Lipinski definition) is 1. The van der Waals surface area contributed by atoms with Crippen molar-refractivity contribution >= 4 is 46.1 Å². The van der Waals surface area contributed by atoms with Crippen molar-refractivity contribution in [1.29, 1.82) is 0 Å². The van der Waals surface area contributed by atoms with Crippen LogP contribution in [0.2, 0.25) is 5.02 Å². The summed E-state index contributed by atoms with van der Waals surface area (Å²) < 4.78 is 0. The van der Waals surface area contributed by atoms with Gasteiger partial charge in [0.1, 0.15) is 0 Å². The molecule has 0 aliphatic carbocycles. The number of fused-ring (bicyclic) bond motifs is 3. The molecule has 1 aliphatic rings. The molecule has 1 N–H and O–H groups in total. The molecule has 7 heteroatoms. The van der Waals surface area contributed by atoms with Crippen LogP contribution in [-0.2, 0) is 6.42 Å². The molecule has 35 heavy (non-hydrogen) atoms. The number of halogens is 1. The van der Waals surface area contributed by atoms with E-state index < -0.39 is 0 Å². The molecule has 2 heterocycles. The van der Waals surface area contributed by atoms with Gasteiger partial charge in [0.2, 0.25) is 0 Å². The van der Waals surface area contributed by atoms with E-state index in [9.17, 15) is 9.59 Å². The largest absolute Gasteiger partial charge is 0.321 e. The van der Waals surface area contributed by atoms with Gasteiger partial charge in [-0.05, 0) is 56.7 Å². The Morgan fingerprint density at radius 1 is 1.03 bits per heavy atom. The van der Waals surface area contributed by atoms with Gasteiger partial charge in [0, 0.05) is 34.5 Å². The highest BCUT2D eigenvalue weighted by molar-refractivity contribution is 7.12. The molecule has 2 amide bonds. The third-order valence-corrected chi connectivity index (χ3v) is 7.51. The maximum Gasteiger partial charge on any atom is 0.258 e. The Bertz CT molecular complexity index is 1480. The van der Waals surface area contributed by atoms with Crippen LogP contribution in [0.25, 0.3) is 11.3 Å². The molecule has 0 spiro atoms. The fraction of sp³-hybridized carbons (Fsp3) is 0.179. The Kier molecular flexibility index (Phi) is 6.17. The molecule has 0 atom stereocenters. The van der Waals surface area contributed by atoms with Crippen molar-refractivity contribution in [3.05, 3.63) is 97.8 Å². The van der Waals surface area contributed by atoms with Crippen LogP contribution >= 0.6 is 22.9 Å². The average molecular weight is 502 g/mol. The number of benzene rings is 3. The van der Waals surface area contributed by atoms with Crippen molar-refractivity contribution in [2.45, 2.75) is 27.2 Å². The first-order valence-electron chi connectivity index (χ1n) is 11.4. The summed E-state index contributed by atoms with van der Waals surface area (Å²) in [6, 6.07) is 18.6. The second kappa shape index (κ2) is 9.29. The second-order valence-electron chi connectivity index (χ2n) is 8.70. The van der Waals surface area contributed by atoms with Gasteiger partial charge < -0.3 is 10.2 Å². The number of nitrogens with one attached hydrogen (secondary N) is 1. The van der Waals surface area contributed by atoms with Gasteiger partial charge in [-0.3, -0.25) is 9.59 Å².